The van der Waals surface area contributed by atoms with E-state index in [0.717, 1.165) is 24.3 Å². The first kappa shape index (κ1) is 12.0. The molecule has 1 heterocycles. The van der Waals surface area contributed by atoms with Crippen molar-refractivity contribution in [3.63, 3.8) is 0 Å². The van der Waals surface area contributed by atoms with Gasteiger partial charge in [-0.1, -0.05) is 15.9 Å². The van der Waals surface area contributed by atoms with Gasteiger partial charge >= 0.3 is 0 Å². The maximum absolute atomic E-state index is 12.1. The Balaban J connectivity index is 2.41. The zero-order valence-electron chi connectivity index (χ0n) is 8.46. The number of hydrogen-bond acceptors (Lipinski definition) is 2. The maximum atomic E-state index is 12.1. The summed E-state index contributed by atoms with van der Waals surface area (Å²) in [5.74, 6) is 0.0695. The third-order valence-corrected chi connectivity index (χ3v) is 4.18. The highest BCUT2D eigenvalue weighted by Gasteiger charge is 2.12. The molecule has 2 aromatic rings. The first-order valence-electron chi connectivity index (χ1n) is 4.63. The summed E-state index contributed by atoms with van der Waals surface area (Å²) in [7, 11) is 0. The predicted octanol–water partition coefficient (Wildman–Crippen LogP) is 4.81. The molecule has 0 radical (unpaired) electrons. The van der Waals surface area contributed by atoms with Crippen LogP contribution in [0.4, 0.5) is 0 Å². The number of hydrogen-bond donors (Lipinski definition) is 0. The third-order valence-electron chi connectivity index (χ3n) is 2.10. The first-order chi connectivity index (χ1) is 7.56. The highest BCUT2D eigenvalue weighted by molar-refractivity contribution is 9.11. The van der Waals surface area contributed by atoms with Gasteiger partial charge in [0, 0.05) is 10.0 Å². The molecule has 1 aromatic heterocycles. The van der Waals surface area contributed by atoms with Crippen LogP contribution in [0.2, 0.25) is 0 Å². The van der Waals surface area contributed by atoms with E-state index in [4.69, 9.17) is 0 Å². The van der Waals surface area contributed by atoms with Crippen molar-refractivity contribution in [1.29, 1.82) is 0 Å². The molecule has 0 aliphatic heterocycles. The van der Waals surface area contributed by atoms with Gasteiger partial charge in [-0.2, -0.15) is 0 Å². The van der Waals surface area contributed by atoms with Gasteiger partial charge in [0.2, 0.25) is 5.78 Å². The standard InChI is InChI=1S/C12H8Br2OS/c1-7-4-8(6-9(13)5-7)12(15)10-2-3-11(14)16-10/h2-6H,1H3. The summed E-state index contributed by atoms with van der Waals surface area (Å²) in [5.41, 5.74) is 1.80. The number of halogens is 2. The monoisotopic (exact) mass is 358 g/mol. The van der Waals surface area contributed by atoms with Gasteiger partial charge in [0.05, 0.1) is 8.66 Å². The fraction of sp³-hybridized carbons (Fsp3) is 0.0833. The van der Waals surface area contributed by atoms with Crippen molar-refractivity contribution in [2.24, 2.45) is 0 Å². The zero-order chi connectivity index (χ0) is 11.7. The summed E-state index contributed by atoms with van der Waals surface area (Å²) in [5, 5.41) is 0. The molecule has 0 spiro atoms. The summed E-state index contributed by atoms with van der Waals surface area (Å²) in [6.07, 6.45) is 0. The van der Waals surface area contributed by atoms with Crippen LogP contribution < -0.4 is 0 Å². The van der Waals surface area contributed by atoms with E-state index < -0.39 is 0 Å². The highest BCUT2D eigenvalue weighted by atomic mass is 79.9. The van der Waals surface area contributed by atoms with Crippen molar-refractivity contribution in [3.05, 3.63) is 54.6 Å². The van der Waals surface area contributed by atoms with Gasteiger partial charge in [-0.3, -0.25) is 4.79 Å². The van der Waals surface area contributed by atoms with Crippen LogP contribution in [0.3, 0.4) is 0 Å². The molecule has 0 N–H and O–H groups in total. The van der Waals surface area contributed by atoms with Gasteiger partial charge in [-0.25, -0.2) is 0 Å². The Morgan fingerprint density at radius 2 is 1.94 bits per heavy atom. The van der Waals surface area contributed by atoms with Crippen LogP contribution in [-0.2, 0) is 0 Å². The van der Waals surface area contributed by atoms with E-state index in [2.05, 4.69) is 31.9 Å². The second-order valence-corrected chi connectivity index (χ2v) is 6.83. The number of thiophene rings is 1. The third kappa shape index (κ3) is 2.62. The summed E-state index contributed by atoms with van der Waals surface area (Å²) in [6, 6.07) is 9.47. The number of benzene rings is 1. The van der Waals surface area contributed by atoms with Crippen molar-refractivity contribution in [1.82, 2.24) is 0 Å². The van der Waals surface area contributed by atoms with Crippen LogP contribution >= 0.6 is 43.2 Å². The lowest BCUT2D eigenvalue weighted by Gasteiger charge is -2.01. The average molecular weight is 360 g/mol. The number of rotatable bonds is 2. The largest absolute Gasteiger partial charge is 0.288 e. The van der Waals surface area contributed by atoms with Gasteiger partial charge in [0.15, 0.2) is 0 Å². The van der Waals surface area contributed by atoms with Gasteiger partial charge in [0.25, 0.3) is 0 Å². The van der Waals surface area contributed by atoms with E-state index in [0.29, 0.717) is 0 Å². The Labute approximate surface area is 115 Å². The minimum absolute atomic E-state index is 0.0695. The van der Waals surface area contributed by atoms with E-state index in [1.54, 1.807) is 0 Å². The summed E-state index contributed by atoms with van der Waals surface area (Å²) in [6.45, 7) is 1.98. The topological polar surface area (TPSA) is 17.1 Å². The van der Waals surface area contributed by atoms with Crippen LogP contribution in [-0.4, -0.2) is 5.78 Å². The molecule has 82 valence electrons. The molecule has 1 nitrogen and oxygen atoms in total. The van der Waals surface area contributed by atoms with E-state index >= 15 is 0 Å². The van der Waals surface area contributed by atoms with Crippen molar-refractivity contribution >= 4 is 49.0 Å². The molecule has 0 saturated heterocycles. The molecule has 0 aliphatic carbocycles. The van der Waals surface area contributed by atoms with Crippen molar-refractivity contribution in [2.45, 2.75) is 6.92 Å². The molecule has 0 saturated carbocycles. The Morgan fingerprint density at radius 1 is 1.19 bits per heavy atom. The van der Waals surface area contributed by atoms with Gasteiger partial charge < -0.3 is 0 Å². The van der Waals surface area contributed by atoms with E-state index in [-0.39, 0.29) is 5.78 Å². The van der Waals surface area contributed by atoms with Gasteiger partial charge in [-0.05, 0) is 58.7 Å². The van der Waals surface area contributed by atoms with Gasteiger partial charge in [-0.15, -0.1) is 11.3 Å². The van der Waals surface area contributed by atoms with Crippen LogP contribution in [0.5, 0.6) is 0 Å². The molecular formula is C12H8Br2OS. The molecule has 0 unspecified atom stereocenters. The van der Waals surface area contributed by atoms with Crippen molar-refractivity contribution in [3.8, 4) is 0 Å². The number of ketones is 1. The summed E-state index contributed by atoms with van der Waals surface area (Å²) in [4.78, 5) is 12.9. The molecule has 16 heavy (non-hydrogen) atoms. The van der Waals surface area contributed by atoms with Crippen LogP contribution in [0, 0.1) is 6.92 Å². The van der Waals surface area contributed by atoms with Crippen LogP contribution in [0.15, 0.2) is 38.6 Å². The second-order valence-electron chi connectivity index (χ2n) is 3.45. The molecule has 1 aromatic carbocycles. The number of aryl methyl sites for hydroxylation is 1. The molecular weight excluding hydrogens is 352 g/mol. The number of carbonyl (C=O) groups excluding carboxylic acids is 1. The maximum Gasteiger partial charge on any atom is 0.203 e. The van der Waals surface area contributed by atoms with Crippen LogP contribution in [0.25, 0.3) is 0 Å². The smallest absolute Gasteiger partial charge is 0.203 e. The summed E-state index contributed by atoms with van der Waals surface area (Å²) >= 11 is 8.21. The Kier molecular flexibility index (Phi) is 3.62. The van der Waals surface area contributed by atoms with E-state index in [9.17, 15) is 4.79 Å². The average Bonchev–Trinajstić information content (AvgIpc) is 2.62. The molecule has 0 fully saturated rings. The Morgan fingerprint density at radius 3 is 2.50 bits per heavy atom. The fourth-order valence-corrected chi connectivity index (χ4v) is 3.40. The lowest BCUT2D eigenvalue weighted by Crippen LogP contribution is -1.98. The predicted molar refractivity (Wildman–Crippen MR) is 74.3 cm³/mol. The first-order valence-corrected chi connectivity index (χ1v) is 7.04. The van der Waals surface area contributed by atoms with E-state index in [1.807, 2.05) is 37.3 Å². The second kappa shape index (κ2) is 4.82. The molecule has 0 aliphatic rings. The summed E-state index contributed by atoms with van der Waals surface area (Å²) < 4.78 is 1.91. The molecule has 0 amide bonds. The lowest BCUT2D eigenvalue weighted by molar-refractivity contribution is 0.104. The van der Waals surface area contributed by atoms with E-state index in [1.165, 1.54) is 11.3 Å². The SMILES string of the molecule is Cc1cc(Br)cc(C(=O)c2ccc(Br)s2)c1. The van der Waals surface area contributed by atoms with Crippen LogP contribution in [0.1, 0.15) is 20.8 Å². The normalized spacial score (nSPS) is 10.4. The molecule has 2 rings (SSSR count). The highest BCUT2D eigenvalue weighted by Crippen LogP contribution is 2.25. The molecule has 0 atom stereocenters. The minimum atomic E-state index is 0.0695. The van der Waals surface area contributed by atoms with Gasteiger partial charge in [0.1, 0.15) is 0 Å². The molecule has 0 bridgehead atoms. The molecule has 4 heteroatoms. The fourth-order valence-electron chi connectivity index (χ4n) is 1.45. The lowest BCUT2D eigenvalue weighted by atomic mass is 10.1. The Bertz CT molecular complexity index is 525. The quantitative estimate of drug-likeness (QED) is 0.703. The minimum Gasteiger partial charge on any atom is -0.288 e. The van der Waals surface area contributed by atoms with Crippen molar-refractivity contribution in [2.75, 3.05) is 0 Å². The Hall–Kier alpha value is -0.450. The number of carbonyl (C=O) groups is 1. The van der Waals surface area contributed by atoms with Crippen molar-refractivity contribution < 1.29 is 4.79 Å². The zero-order valence-corrected chi connectivity index (χ0v) is 12.4.